The minimum atomic E-state index is 0.0522. The second kappa shape index (κ2) is 4.97. The molecule has 3 atom stereocenters. The van der Waals surface area contributed by atoms with E-state index in [1.807, 2.05) is 36.4 Å². The molecule has 94 valence electrons. The van der Waals surface area contributed by atoms with Crippen molar-refractivity contribution in [3.8, 4) is 0 Å². The van der Waals surface area contributed by atoms with E-state index in [1.165, 1.54) is 25.7 Å². The van der Waals surface area contributed by atoms with Gasteiger partial charge in [0.2, 0.25) is 5.91 Å². The van der Waals surface area contributed by atoms with Gasteiger partial charge in [-0.25, -0.2) is 0 Å². The molecule has 3 rings (SSSR count). The van der Waals surface area contributed by atoms with Gasteiger partial charge in [0.25, 0.3) is 0 Å². The second-order valence-corrected chi connectivity index (χ2v) is 5.53. The van der Waals surface area contributed by atoms with Crippen LogP contribution >= 0.6 is 0 Å². The van der Waals surface area contributed by atoms with Crippen molar-refractivity contribution < 1.29 is 4.79 Å². The molecule has 0 heterocycles. The van der Waals surface area contributed by atoms with Gasteiger partial charge in [0, 0.05) is 12.1 Å². The first kappa shape index (κ1) is 11.5. The maximum absolute atomic E-state index is 11.9. The van der Waals surface area contributed by atoms with Crippen LogP contribution in [0.5, 0.6) is 0 Å². The Kier molecular flexibility index (Phi) is 3.18. The van der Waals surface area contributed by atoms with E-state index in [0.717, 1.165) is 17.4 Å². The quantitative estimate of drug-likeness (QED) is 0.810. The highest BCUT2D eigenvalue weighted by atomic mass is 16.1. The van der Waals surface area contributed by atoms with Crippen LogP contribution in [-0.4, -0.2) is 11.9 Å². The third-order valence-corrected chi connectivity index (χ3v) is 4.29. The topological polar surface area (TPSA) is 29.1 Å². The minimum absolute atomic E-state index is 0.0522. The monoisotopic (exact) mass is 241 g/mol. The van der Waals surface area contributed by atoms with Gasteiger partial charge in [-0.05, 0) is 42.7 Å². The predicted molar refractivity (Wildman–Crippen MR) is 72.9 cm³/mol. The summed E-state index contributed by atoms with van der Waals surface area (Å²) < 4.78 is 0. The van der Waals surface area contributed by atoms with Gasteiger partial charge in [-0.15, -0.1) is 0 Å². The molecular weight excluding hydrogens is 222 g/mol. The van der Waals surface area contributed by atoms with E-state index in [4.69, 9.17) is 0 Å². The van der Waals surface area contributed by atoms with Crippen LogP contribution in [0.25, 0.3) is 6.08 Å². The molecule has 1 aromatic carbocycles. The fourth-order valence-corrected chi connectivity index (χ4v) is 3.39. The molecule has 2 nitrogen and oxygen atoms in total. The van der Waals surface area contributed by atoms with E-state index in [9.17, 15) is 4.79 Å². The molecule has 2 fully saturated rings. The van der Waals surface area contributed by atoms with Crippen LogP contribution in [0.3, 0.4) is 0 Å². The number of hydrogen-bond acceptors (Lipinski definition) is 1. The first-order valence-electron chi connectivity index (χ1n) is 6.85. The zero-order chi connectivity index (χ0) is 12.4. The van der Waals surface area contributed by atoms with Crippen LogP contribution in [-0.2, 0) is 4.79 Å². The van der Waals surface area contributed by atoms with Crippen LogP contribution in [0.15, 0.2) is 36.4 Å². The molecule has 1 N–H and O–H groups in total. The highest BCUT2D eigenvalue weighted by molar-refractivity contribution is 5.91. The lowest BCUT2D eigenvalue weighted by molar-refractivity contribution is -0.117. The average molecular weight is 241 g/mol. The summed E-state index contributed by atoms with van der Waals surface area (Å²) in [7, 11) is 0. The van der Waals surface area contributed by atoms with Gasteiger partial charge in [0.15, 0.2) is 0 Å². The van der Waals surface area contributed by atoms with Crippen molar-refractivity contribution >= 4 is 12.0 Å². The van der Waals surface area contributed by atoms with Crippen molar-refractivity contribution in [2.45, 2.75) is 31.7 Å². The third-order valence-electron chi connectivity index (χ3n) is 4.29. The molecule has 1 amide bonds. The Morgan fingerprint density at radius 3 is 2.67 bits per heavy atom. The molecule has 2 saturated carbocycles. The number of amides is 1. The third kappa shape index (κ3) is 2.47. The maximum Gasteiger partial charge on any atom is 0.244 e. The van der Waals surface area contributed by atoms with E-state index in [1.54, 1.807) is 6.08 Å². The van der Waals surface area contributed by atoms with Gasteiger partial charge in [-0.1, -0.05) is 36.8 Å². The van der Waals surface area contributed by atoms with Crippen LogP contribution in [0, 0.1) is 11.8 Å². The summed E-state index contributed by atoms with van der Waals surface area (Å²) in [4.78, 5) is 11.9. The van der Waals surface area contributed by atoms with Crippen molar-refractivity contribution in [3.63, 3.8) is 0 Å². The normalized spacial score (nSPS) is 29.9. The van der Waals surface area contributed by atoms with Gasteiger partial charge in [0.1, 0.15) is 0 Å². The first-order valence-corrected chi connectivity index (χ1v) is 6.85. The highest BCUT2D eigenvalue weighted by Gasteiger charge is 2.39. The maximum atomic E-state index is 11.9. The van der Waals surface area contributed by atoms with Crippen LogP contribution < -0.4 is 5.32 Å². The van der Waals surface area contributed by atoms with Gasteiger partial charge < -0.3 is 5.32 Å². The van der Waals surface area contributed by atoms with Crippen molar-refractivity contribution in [2.24, 2.45) is 11.8 Å². The molecule has 0 aromatic heterocycles. The zero-order valence-electron chi connectivity index (χ0n) is 10.5. The van der Waals surface area contributed by atoms with E-state index in [0.29, 0.717) is 6.04 Å². The molecule has 0 saturated heterocycles. The Bertz CT molecular complexity index is 451. The van der Waals surface area contributed by atoms with Gasteiger partial charge in [-0.2, -0.15) is 0 Å². The zero-order valence-corrected chi connectivity index (χ0v) is 10.5. The average Bonchev–Trinajstić information content (AvgIpc) is 3.00. The van der Waals surface area contributed by atoms with Crippen molar-refractivity contribution in [2.75, 3.05) is 0 Å². The van der Waals surface area contributed by atoms with Crippen molar-refractivity contribution in [3.05, 3.63) is 42.0 Å². The van der Waals surface area contributed by atoms with Gasteiger partial charge in [0.05, 0.1) is 0 Å². The van der Waals surface area contributed by atoms with Crippen molar-refractivity contribution in [1.82, 2.24) is 5.32 Å². The minimum Gasteiger partial charge on any atom is -0.350 e. The largest absolute Gasteiger partial charge is 0.350 e. The molecule has 0 radical (unpaired) electrons. The van der Waals surface area contributed by atoms with Crippen LogP contribution in [0.1, 0.15) is 31.2 Å². The molecule has 2 heteroatoms. The van der Waals surface area contributed by atoms with Crippen LogP contribution in [0.4, 0.5) is 0 Å². The summed E-state index contributed by atoms with van der Waals surface area (Å²) in [6.45, 7) is 0. The number of fused-ring (bicyclic) bond motifs is 2. The van der Waals surface area contributed by atoms with Crippen LogP contribution in [0.2, 0.25) is 0 Å². The first-order chi connectivity index (χ1) is 8.81. The molecule has 0 unspecified atom stereocenters. The SMILES string of the molecule is O=C(/C=C/c1ccccc1)N[C@@H]1C[C@H]2CC[C@H]1C2. The molecule has 0 aliphatic heterocycles. The number of carbonyl (C=O) groups is 1. The molecule has 2 aliphatic rings. The number of nitrogens with one attached hydrogen (secondary N) is 1. The van der Waals surface area contributed by atoms with E-state index in [2.05, 4.69) is 5.32 Å². The molecule has 2 bridgehead atoms. The number of rotatable bonds is 3. The van der Waals surface area contributed by atoms with E-state index < -0.39 is 0 Å². The van der Waals surface area contributed by atoms with E-state index in [-0.39, 0.29) is 5.91 Å². The molecule has 0 spiro atoms. The Balaban J connectivity index is 1.55. The Labute approximate surface area is 108 Å². The Morgan fingerprint density at radius 1 is 1.17 bits per heavy atom. The Morgan fingerprint density at radius 2 is 2.00 bits per heavy atom. The summed E-state index contributed by atoms with van der Waals surface area (Å²) in [6.07, 6.45) is 8.72. The van der Waals surface area contributed by atoms with E-state index >= 15 is 0 Å². The summed E-state index contributed by atoms with van der Waals surface area (Å²) in [5.74, 6) is 1.67. The van der Waals surface area contributed by atoms with Crippen molar-refractivity contribution in [1.29, 1.82) is 0 Å². The number of carbonyl (C=O) groups excluding carboxylic acids is 1. The standard InChI is InChI=1S/C16H19NO/c18-16(9-7-12-4-2-1-3-5-12)17-15-11-13-6-8-14(15)10-13/h1-5,7,9,13-15H,6,8,10-11H2,(H,17,18)/b9-7+/t13-,14-,15+/m0/s1. The fourth-order valence-electron chi connectivity index (χ4n) is 3.39. The molecule has 1 aromatic rings. The lowest BCUT2D eigenvalue weighted by Gasteiger charge is -2.22. The summed E-state index contributed by atoms with van der Waals surface area (Å²) in [6, 6.07) is 10.4. The molecule has 2 aliphatic carbocycles. The Hall–Kier alpha value is -1.57. The summed E-state index contributed by atoms with van der Waals surface area (Å²) in [5, 5.41) is 3.15. The van der Waals surface area contributed by atoms with Gasteiger partial charge in [-0.3, -0.25) is 4.79 Å². The molecular formula is C16H19NO. The highest BCUT2D eigenvalue weighted by Crippen LogP contribution is 2.44. The lowest BCUT2D eigenvalue weighted by atomic mass is 9.95. The molecule has 18 heavy (non-hydrogen) atoms. The summed E-state index contributed by atoms with van der Waals surface area (Å²) in [5.41, 5.74) is 1.07. The van der Waals surface area contributed by atoms with Gasteiger partial charge >= 0.3 is 0 Å². The smallest absolute Gasteiger partial charge is 0.244 e. The fraction of sp³-hybridized carbons (Fsp3) is 0.438. The second-order valence-electron chi connectivity index (χ2n) is 5.53. The number of benzene rings is 1. The summed E-state index contributed by atoms with van der Waals surface area (Å²) >= 11 is 0. The lowest BCUT2D eigenvalue weighted by Crippen LogP contribution is -2.37. The number of hydrogen-bond donors (Lipinski definition) is 1. The predicted octanol–water partition coefficient (Wildman–Crippen LogP) is 3.00.